The van der Waals surface area contributed by atoms with E-state index in [0.29, 0.717) is 17.5 Å². The van der Waals surface area contributed by atoms with E-state index in [0.717, 1.165) is 149 Å². The molecule has 0 N–H and O–H groups in total. The molecular formula is C135H87N9S3. The number of aromatic nitrogens is 9. The highest BCUT2D eigenvalue weighted by Crippen LogP contribution is 2.46. The molecule has 0 saturated carbocycles. The topological polar surface area (TPSA) is 116 Å². The van der Waals surface area contributed by atoms with Crippen LogP contribution in [-0.4, -0.2) is 44.9 Å². The van der Waals surface area contributed by atoms with Crippen molar-refractivity contribution in [2.75, 3.05) is 0 Å². The third-order valence-corrected chi connectivity index (χ3v) is 30.1. The predicted molar refractivity (Wildman–Crippen MR) is 616 cm³/mol. The van der Waals surface area contributed by atoms with Gasteiger partial charge in [-0.2, -0.15) is 0 Å². The van der Waals surface area contributed by atoms with Crippen LogP contribution in [-0.2, 0) is 0 Å². The van der Waals surface area contributed by atoms with Gasteiger partial charge < -0.3 is 0 Å². The number of fused-ring (bicyclic) bond motifs is 6. The Morgan fingerprint density at radius 1 is 0.129 bits per heavy atom. The van der Waals surface area contributed by atoms with Gasteiger partial charge in [-0.3, -0.25) is 0 Å². The van der Waals surface area contributed by atoms with Crippen LogP contribution in [0.4, 0.5) is 0 Å². The summed E-state index contributed by atoms with van der Waals surface area (Å²) in [6.07, 6.45) is 0. The van der Waals surface area contributed by atoms with Gasteiger partial charge in [0.1, 0.15) is 15.0 Å². The number of benzene rings is 21. The standard InChI is InChI=1S/3C45H29N3S/c1-4-13-30(14-5-1)31-23-25-32(26-24-31)41-29-42(47-44(46-41)33-15-6-2-7-16-33)38-28-27-37(35-19-10-11-20-36(35)38)39-21-12-22-40-43(39)49-45(48-40)34-17-8-3-9-18-34;1-4-10-30(11-5-1)31-16-18-32(19-17-31)40-29-41(47-44(46-40)33-12-6-2-7-13-33)39-23-22-35-26-36(20-21-37(35)27-39)38-24-25-43-42(28-38)48-45(49-43)34-14-8-3-9-15-34;1-4-10-30(11-5-1)31-16-18-32(19-17-31)41-29-42(47-44(46-41)33-12-6-2-7-13-33)39-23-22-35-26-36(20-21-37(35)27-39)38-24-25-40-43(28-38)49-45(48-40)34-14-8-3-9-15-34/h3*1-29H. The van der Waals surface area contributed by atoms with E-state index < -0.39 is 0 Å². The minimum Gasteiger partial charge on any atom is -0.236 e. The summed E-state index contributed by atoms with van der Waals surface area (Å²) < 4.78 is 3.57. The molecular weight excluding hydrogens is 1840 g/mol. The molecule has 0 radical (unpaired) electrons. The second-order valence-electron chi connectivity index (χ2n) is 36.2. The quantitative estimate of drug-likeness (QED) is 0.0828. The lowest BCUT2D eigenvalue weighted by molar-refractivity contribution is 1.18. The van der Waals surface area contributed by atoms with Crippen LogP contribution in [0.3, 0.4) is 0 Å². The first-order valence-electron chi connectivity index (χ1n) is 49.1. The Hall–Kier alpha value is -18.7. The molecule has 0 aliphatic carbocycles. The summed E-state index contributed by atoms with van der Waals surface area (Å²) in [5.74, 6) is 2.13. The smallest absolute Gasteiger partial charge is 0.160 e. The molecule has 0 unspecified atom stereocenters. The fourth-order valence-corrected chi connectivity index (χ4v) is 22.2. The van der Waals surface area contributed by atoms with Crippen molar-refractivity contribution >= 4 is 97.0 Å². The van der Waals surface area contributed by atoms with Crippen LogP contribution in [0.15, 0.2) is 528 Å². The molecule has 147 heavy (non-hydrogen) atoms. The number of nitrogens with zero attached hydrogens (tertiary/aromatic N) is 9. The van der Waals surface area contributed by atoms with Gasteiger partial charge in [0.15, 0.2) is 17.5 Å². The van der Waals surface area contributed by atoms with Crippen molar-refractivity contribution in [3.63, 3.8) is 0 Å². The molecule has 0 aliphatic rings. The summed E-state index contributed by atoms with van der Waals surface area (Å²) in [5.41, 5.74) is 35.4. The fraction of sp³-hybridized carbons (Fsp3) is 0. The number of hydrogen-bond donors (Lipinski definition) is 0. The number of rotatable bonds is 18. The van der Waals surface area contributed by atoms with Crippen molar-refractivity contribution in [3.05, 3.63) is 528 Å². The molecule has 0 amide bonds. The van der Waals surface area contributed by atoms with E-state index in [1.54, 1.807) is 34.0 Å². The van der Waals surface area contributed by atoms with Crippen LogP contribution in [0.5, 0.6) is 0 Å². The van der Waals surface area contributed by atoms with Gasteiger partial charge in [-0.15, -0.1) is 34.0 Å². The monoisotopic (exact) mass is 1930 g/mol. The molecule has 9 nitrogen and oxygen atoms in total. The van der Waals surface area contributed by atoms with Crippen molar-refractivity contribution < 1.29 is 0 Å². The lowest BCUT2D eigenvalue weighted by Crippen LogP contribution is -1.97. The Bertz CT molecular complexity index is 9110. The van der Waals surface area contributed by atoms with Crippen LogP contribution in [0.2, 0.25) is 0 Å². The summed E-state index contributed by atoms with van der Waals surface area (Å²) in [5, 5.41) is 10.1. The summed E-state index contributed by atoms with van der Waals surface area (Å²) in [7, 11) is 0. The van der Waals surface area contributed by atoms with Gasteiger partial charge in [0, 0.05) is 72.3 Å². The maximum Gasteiger partial charge on any atom is 0.160 e. The first-order valence-corrected chi connectivity index (χ1v) is 51.5. The molecule has 0 bridgehead atoms. The maximum atomic E-state index is 5.18. The second kappa shape index (κ2) is 40.4. The summed E-state index contributed by atoms with van der Waals surface area (Å²) in [4.78, 5) is 45.3. The third-order valence-electron chi connectivity index (χ3n) is 26.8. The first-order chi connectivity index (χ1) is 72.7. The van der Waals surface area contributed by atoms with Crippen molar-refractivity contribution in [2.24, 2.45) is 0 Å². The van der Waals surface area contributed by atoms with Crippen LogP contribution in [0, 0.1) is 0 Å². The molecule has 6 aromatic heterocycles. The Morgan fingerprint density at radius 3 is 0.830 bits per heavy atom. The van der Waals surface area contributed by atoms with Crippen molar-refractivity contribution in [3.8, 4) is 200 Å². The summed E-state index contributed by atoms with van der Waals surface area (Å²) in [6, 6.07) is 185. The van der Waals surface area contributed by atoms with Crippen LogP contribution in [0.1, 0.15) is 0 Å². The van der Waals surface area contributed by atoms with Crippen LogP contribution >= 0.6 is 34.0 Å². The van der Waals surface area contributed by atoms with Gasteiger partial charge in [0.25, 0.3) is 0 Å². The zero-order valence-corrected chi connectivity index (χ0v) is 81.9. The minimum atomic E-state index is 0.705. The fourth-order valence-electron chi connectivity index (χ4n) is 19.2. The van der Waals surface area contributed by atoms with E-state index in [1.807, 2.05) is 91.0 Å². The molecule has 27 rings (SSSR count). The minimum absolute atomic E-state index is 0.705. The predicted octanol–water partition coefficient (Wildman–Crippen LogP) is 36.7. The molecule has 27 aromatic rings. The maximum absolute atomic E-state index is 5.18. The molecule has 0 saturated heterocycles. The molecule has 6 heterocycles. The summed E-state index contributed by atoms with van der Waals surface area (Å²) >= 11 is 5.22. The van der Waals surface area contributed by atoms with Crippen molar-refractivity contribution in [1.29, 1.82) is 0 Å². The molecule has 0 aliphatic heterocycles. The van der Waals surface area contributed by atoms with E-state index in [4.69, 9.17) is 44.9 Å². The van der Waals surface area contributed by atoms with Gasteiger partial charge >= 0.3 is 0 Å². The largest absolute Gasteiger partial charge is 0.236 e. The summed E-state index contributed by atoms with van der Waals surface area (Å²) in [6.45, 7) is 0. The highest BCUT2D eigenvalue weighted by atomic mass is 32.1. The zero-order chi connectivity index (χ0) is 97.7. The average Bonchev–Trinajstić information content (AvgIpc) is 1.65. The van der Waals surface area contributed by atoms with Crippen LogP contribution in [0.25, 0.3) is 263 Å². The van der Waals surface area contributed by atoms with Gasteiger partial charge in [-0.25, -0.2) is 44.9 Å². The SMILES string of the molecule is c1ccc(-c2ccc(-c3cc(-c4ccc(-c5cccc6nc(-c7ccccc7)sc56)c5ccccc45)nc(-c4ccccc4)n3)cc2)cc1.c1ccc(-c2ccc(-c3cc(-c4ccc5cc(-c6ccc7nc(-c8ccccc8)sc7c6)ccc5c4)nc(-c4ccccc4)n3)cc2)cc1.c1ccc(-c2ccc(-c3cc(-c4ccc5cc(-c6ccc7sc(-c8ccccc8)nc7c6)ccc5c4)nc(-c4ccccc4)n3)cc2)cc1. The third kappa shape index (κ3) is 19.1. The van der Waals surface area contributed by atoms with E-state index in [2.05, 4.69) is 437 Å². The highest BCUT2D eigenvalue weighted by Gasteiger charge is 2.22. The number of hydrogen-bond acceptors (Lipinski definition) is 12. The van der Waals surface area contributed by atoms with Crippen LogP contribution < -0.4 is 0 Å². The molecule has 0 atom stereocenters. The van der Waals surface area contributed by atoms with Gasteiger partial charge in [-0.05, 0) is 166 Å². The van der Waals surface area contributed by atoms with Crippen molar-refractivity contribution in [2.45, 2.75) is 0 Å². The Kier molecular flexibility index (Phi) is 24.6. The lowest BCUT2D eigenvalue weighted by Gasteiger charge is -2.14. The normalized spacial score (nSPS) is 11.3. The zero-order valence-electron chi connectivity index (χ0n) is 79.5. The molecule has 21 aromatic carbocycles. The van der Waals surface area contributed by atoms with E-state index in [-0.39, 0.29) is 0 Å². The second-order valence-corrected chi connectivity index (χ2v) is 39.3. The molecule has 0 fully saturated rings. The first kappa shape index (κ1) is 89.6. The number of thiazole rings is 3. The average molecular weight is 1930 g/mol. The Labute approximate surface area is 863 Å². The van der Waals surface area contributed by atoms with Gasteiger partial charge in [0.05, 0.1) is 64.8 Å². The van der Waals surface area contributed by atoms with E-state index in [1.165, 1.54) is 96.8 Å². The van der Waals surface area contributed by atoms with Gasteiger partial charge in [-0.1, -0.05) is 455 Å². The lowest BCUT2D eigenvalue weighted by atomic mass is 9.93. The van der Waals surface area contributed by atoms with E-state index >= 15 is 0 Å². The Balaban J connectivity index is 0.000000115. The molecule has 0 spiro atoms. The molecule has 12 heteroatoms. The van der Waals surface area contributed by atoms with Crippen molar-refractivity contribution in [1.82, 2.24) is 44.9 Å². The highest BCUT2D eigenvalue weighted by molar-refractivity contribution is 7.22. The Morgan fingerprint density at radius 2 is 0.408 bits per heavy atom. The van der Waals surface area contributed by atoms with E-state index in [9.17, 15) is 0 Å². The van der Waals surface area contributed by atoms with Gasteiger partial charge in [0.2, 0.25) is 0 Å². The molecule has 690 valence electrons.